The normalized spacial score (nSPS) is 15.9. The van der Waals surface area contributed by atoms with E-state index in [0.717, 1.165) is 23.6 Å². The van der Waals surface area contributed by atoms with Crippen LogP contribution in [0.4, 0.5) is 5.82 Å². The molecule has 1 saturated carbocycles. The molecule has 1 N–H and O–H groups in total. The molecule has 4 heteroatoms. The van der Waals surface area contributed by atoms with Crippen LogP contribution in [0.15, 0.2) is 30.6 Å². The molecule has 2 heterocycles. The molecule has 1 fully saturated rings. The lowest BCUT2D eigenvalue weighted by molar-refractivity contribution is 0.760. The van der Waals surface area contributed by atoms with Gasteiger partial charge in [-0.25, -0.2) is 9.97 Å². The van der Waals surface area contributed by atoms with E-state index in [0.29, 0.717) is 12.0 Å². The van der Waals surface area contributed by atoms with Gasteiger partial charge >= 0.3 is 0 Å². The Labute approximate surface area is 119 Å². The molecular weight excluding hydrogens is 248 g/mol. The van der Waals surface area contributed by atoms with Gasteiger partial charge in [-0.1, -0.05) is 6.07 Å². The lowest BCUT2D eigenvalue weighted by Crippen LogP contribution is -2.19. The Balaban J connectivity index is 1.63. The van der Waals surface area contributed by atoms with E-state index in [1.54, 1.807) is 6.33 Å². The molecule has 0 radical (unpaired) electrons. The van der Waals surface area contributed by atoms with Crippen molar-refractivity contribution in [2.45, 2.75) is 45.1 Å². The van der Waals surface area contributed by atoms with Crippen molar-refractivity contribution in [2.24, 2.45) is 0 Å². The zero-order chi connectivity index (χ0) is 13.9. The van der Waals surface area contributed by atoms with Crippen LogP contribution in [0, 0.1) is 6.92 Å². The zero-order valence-corrected chi connectivity index (χ0v) is 12.0. The fourth-order valence-electron chi connectivity index (χ4n) is 2.38. The van der Waals surface area contributed by atoms with E-state index in [1.165, 1.54) is 18.5 Å². The average Bonchev–Trinajstić information content (AvgIpc) is 3.23. The molecule has 1 atom stereocenters. The van der Waals surface area contributed by atoms with Gasteiger partial charge in [-0.3, -0.25) is 4.98 Å². The van der Waals surface area contributed by atoms with E-state index in [1.807, 2.05) is 13.0 Å². The number of hydrogen-bond acceptors (Lipinski definition) is 4. The first-order chi connectivity index (χ1) is 9.70. The predicted molar refractivity (Wildman–Crippen MR) is 79.8 cm³/mol. The van der Waals surface area contributed by atoms with E-state index in [9.17, 15) is 0 Å². The van der Waals surface area contributed by atoms with Crippen LogP contribution in [-0.2, 0) is 6.42 Å². The van der Waals surface area contributed by atoms with Gasteiger partial charge in [0.15, 0.2) is 0 Å². The summed E-state index contributed by atoms with van der Waals surface area (Å²) < 4.78 is 0. The molecule has 0 aromatic carbocycles. The number of nitrogens with zero attached hydrogens (tertiary/aromatic N) is 3. The van der Waals surface area contributed by atoms with E-state index >= 15 is 0 Å². The Morgan fingerprint density at radius 3 is 2.90 bits per heavy atom. The summed E-state index contributed by atoms with van der Waals surface area (Å²) in [7, 11) is 0. The maximum absolute atomic E-state index is 4.54. The highest BCUT2D eigenvalue weighted by Gasteiger charge is 2.25. The van der Waals surface area contributed by atoms with Crippen molar-refractivity contribution in [3.8, 4) is 0 Å². The monoisotopic (exact) mass is 268 g/mol. The summed E-state index contributed by atoms with van der Waals surface area (Å²) in [5.41, 5.74) is 3.35. The number of nitrogens with one attached hydrogen (secondary N) is 1. The maximum Gasteiger partial charge on any atom is 0.129 e. The molecule has 3 rings (SSSR count). The Bertz CT molecular complexity index is 593. The van der Waals surface area contributed by atoms with Gasteiger partial charge in [0, 0.05) is 41.5 Å². The van der Waals surface area contributed by atoms with Gasteiger partial charge in [-0.15, -0.1) is 0 Å². The topological polar surface area (TPSA) is 50.7 Å². The Hall–Kier alpha value is -1.97. The number of anilines is 1. The lowest BCUT2D eigenvalue weighted by atomic mass is 10.1. The van der Waals surface area contributed by atoms with E-state index in [-0.39, 0.29) is 0 Å². The average molecular weight is 268 g/mol. The number of hydrogen-bond donors (Lipinski definition) is 1. The van der Waals surface area contributed by atoms with Crippen LogP contribution in [0.3, 0.4) is 0 Å². The number of aromatic nitrogens is 3. The first-order valence-corrected chi connectivity index (χ1v) is 7.22. The van der Waals surface area contributed by atoms with E-state index < -0.39 is 0 Å². The van der Waals surface area contributed by atoms with E-state index in [2.05, 4.69) is 45.4 Å². The third-order valence-corrected chi connectivity index (χ3v) is 3.54. The van der Waals surface area contributed by atoms with Crippen molar-refractivity contribution < 1.29 is 0 Å². The third kappa shape index (κ3) is 3.32. The fraction of sp³-hybridized carbons (Fsp3) is 0.438. The summed E-state index contributed by atoms with van der Waals surface area (Å²) in [5.74, 6) is 1.58. The molecule has 20 heavy (non-hydrogen) atoms. The van der Waals surface area contributed by atoms with Crippen LogP contribution >= 0.6 is 0 Å². The molecule has 2 aromatic heterocycles. The summed E-state index contributed by atoms with van der Waals surface area (Å²) in [5, 5.41) is 3.44. The SMILES string of the molecule is Cc1cccc(C[C@@H](C)Nc2cc(C3CC3)ncn2)n1. The molecule has 0 amide bonds. The summed E-state index contributed by atoms with van der Waals surface area (Å²) in [6.07, 6.45) is 5.08. The third-order valence-electron chi connectivity index (χ3n) is 3.54. The summed E-state index contributed by atoms with van der Waals surface area (Å²) in [4.78, 5) is 13.2. The van der Waals surface area contributed by atoms with Gasteiger partial charge in [0.05, 0.1) is 0 Å². The smallest absolute Gasteiger partial charge is 0.129 e. The van der Waals surface area contributed by atoms with Gasteiger partial charge < -0.3 is 5.32 Å². The minimum absolute atomic E-state index is 0.297. The molecule has 0 spiro atoms. The van der Waals surface area contributed by atoms with Crippen molar-refractivity contribution in [1.82, 2.24) is 15.0 Å². The van der Waals surface area contributed by atoms with Gasteiger partial charge in [-0.2, -0.15) is 0 Å². The highest BCUT2D eigenvalue weighted by atomic mass is 15.0. The van der Waals surface area contributed by atoms with Crippen molar-refractivity contribution in [2.75, 3.05) is 5.32 Å². The molecule has 0 unspecified atom stereocenters. The zero-order valence-electron chi connectivity index (χ0n) is 12.0. The predicted octanol–water partition coefficient (Wildman–Crippen LogP) is 3.10. The van der Waals surface area contributed by atoms with E-state index in [4.69, 9.17) is 0 Å². The van der Waals surface area contributed by atoms with Crippen LogP contribution in [0.1, 0.15) is 42.8 Å². The number of pyridine rings is 1. The van der Waals surface area contributed by atoms with Crippen LogP contribution in [0.2, 0.25) is 0 Å². The summed E-state index contributed by atoms with van der Waals surface area (Å²) >= 11 is 0. The summed E-state index contributed by atoms with van der Waals surface area (Å²) in [6, 6.07) is 8.53. The second kappa shape index (κ2) is 5.57. The Morgan fingerprint density at radius 1 is 1.30 bits per heavy atom. The molecule has 104 valence electrons. The summed E-state index contributed by atoms with van der Waals surface area (Å²) in [6.45, 7) is 4.18. The van der Waals surface area contributed by atoms with Crippen LogP contribution < -0.4 is 5.32 Å². The minimum Gasteiger partial charge on any atom is -0.367 e. The Kier molecular flexibility index (Phi) is 3.63. The van der Waals surface area contributed by atoms with Gasteiger partial charge in [-0.05, 0) is 38.8 Å². The first-order valence-electron chi connectivity index (χ1n) is 7.22. The first kappa shape index (κ1) is 13.0. The molecule has 4 nitrogen and oxygen atoms in total. The molecular formula is C16H20N4. The van der Waals surface area contributed by atoms with Gasteiger partial charge in [0.1, 0.15) is 12.1 Å². The highest BCUT2D eigenvalue weighted by Crippen LogP contribution is 2.39. The highest BCUT2D eigenvalue weighted by molar-refractivity contribution is 5.38. The molecule has 0 saturated heterocycles. The van der Waals surface area contributed by atoms with Gasteiger partial charge in [0.25, 0.3) is 0 Å². The second-order valence-corrected chi connectivity index (χ2v) is 5.62. The van der Waals surface area contributed by atoms with Crippen molar-refractivity contribution in [3.63, 3.8) is 0 Å². The second-order valence-electron chi connectivity index (χ2n) is 5.62. The van der Waals surface area contributed by atoms with Crippen molar-refractivity contribution >= 4 is 5.82 Å². The maximum atomic E-state index is 4.54. The van der Waals surface area contributed by atoms with Crippen molar-refractivity contribution in [3.05, 3.63) is 47.7 Å². The van der Waals surface area contributed by atoms with Crippen molar-refractivity contribution in [1.29, 1.82) is 0 Å². The van der Waals surface area contributed by atoms with Crippen LogP contribution in [-0.4, -0.2) is 21.0 Å². The fourth-order valence-corrected chi connectivity index (χ4v) is 2.38. The minimum atomic E-state index is 0.297. The largest absolute Gasteiger partial charge is 0.367 e. The molecule has 1 aliphatic rings. The standard InChI is InChI=1S/C16H20N4/c1-11-4-3-5-14(19-11)8-12(2)20-16-9-15(13-6-7-13)17-10-18-16/h3-5,9-10,12-13H,6-8H2,1-2H3,(H,17,18,20)/t12-/m1/s1. The molecule has 0 aliphatic heterocycles. The number of rotatable bonds is 5. The Morgan fingerprint density at radius 2 is 2.15 bits per heavy atom. The molecule has 1 aliphatic carbocycles. The molecule has 2 aromatic rings. The van der Waals surface area contributed by atoms with Crippen LogP contribution in [0.25, 0.3) is 0 Å². The van der Waals surface area contributed by atoms with Crippen LogP contribution in [0.5, 0.6) is 0 Å². The number of aryl methyl sites for hydroxylation is 1. The molecule has 0 bridgehead atoms. The lowest BCUT2D eigenvalue weighted by Gasteiger charge is -2.14. The van der Waals surface area contributed by atoms with Gasteiger partial charge in [0.2, 0.25) is 0 Å². The quantitative estimate of drug-likeness (QED) is 0.905.